The van der Waals surface area contributed by atoms with Crippen molar-refractivity contribution in [2.24, 2.45) is 0 Å². The third kappa shape index (κ3) is 2.79. The first-order valence-electron chi connectivity index (χ1n) is 7.54. The molecule has 0 saturated carbocycles. The van der Waals surface area contributed by atoms with Gasteiger partial charge in [-0.2, -0.15) is 0 Å². The molecule has 1 N–H and O–H groups in total. The lowest BCUT2D eigenvalue weighted by atomic mass is 9.95. The summed E-state index contributed by atoms with van der Waals surface area (Å²) in [7, 11) is 0. The van der Waals surface area contributed by atoms with Crippen LogP contribution in [0.5, 0.6) is 0 Å². The van der Waals surface area contributed by atoms with Crippen LogP contribution >= 0.6 is 0 Å². The molecule has 1 atom stereocenters. The third-order valence-electron chi connectivity index (χ3n) is 3.72. The normalized spacial score (nSPS) is 18.2. The average molecular weight is 299 g/mol. The first-order chi connectivity index (χ1) is 10.3. The molecule has 1 aliphatic rings. The van der Waals surface area contributed by atoms with Crippen LogP contribution in [-0.2, 0) is 11.2 Å². The maximum atomic E-state index is 12.6. The molecule has 4 heteroatoms. The first kappa shape index (κ1) is 14.9. The van der Waals surface area contributed by atoms with Gasteiger partial charge in [-0.25, -0.2) is 4.79 Å². The molecule has 0 saturated heterocycles. The molecule has 0 spiro atoms. The van der Waals surface area contributed by atoms with E-state index >= 15 is 0 Å². The molecular weight excluding hydrogens is 278 g/mol. The number of hydrogen-bond acceptors (Lipinski definition) is 3. The van der Waals surface area contributed by atoms with E-state index in [1.54, 1.807) is 4.90 Å². The number of nitrogens with zero attached hydrogens (tertiary/aromatic N) is 1. The van der Waals surface area contributed by atoms with Gasteiger partial charge in [0.2, 0.25) is 0 Å². The molecule has 1 unspecified atom stereocenters. The second kappa shape index (κ2) is 5.29. The van der Waals surface area contributed by atoms with E-state index in [0.29, 0.717) is 6.42 Å². The summed E-state index contributed by atoms with van der Waals surface area (Å²) in [4.78, 5) is 14.1. The summed E-state index contributed by atoms with van der Waals surface area (Å²) in [5, 5.41) is 12.2. The highest BCUT2D eigenvalue weighted by atomic mass is 16.6. The van der Waals surface area contributed by atoms with Gasteiger partial charge in [-0.15, -0.1) is 0 Å². The number of β-amino-alcohol motifs (C(OH)–C–C–N with tert-alkyl or cyclic N) is 1. The number of ether oxygens (including phenoxy) is 1. The fraction of sp³-hybridized carbons (Fsp3) is 0.389. The van der Waals surface area contributed by atoms with E-state index in [1.165, 1.54) is 0 Å². The summed E-state index contributed by atoms with van der Waals surface area (Å²) < 4.78 is 5.51. The highest BCUT2D eigenvalue weighted by molar-refractivity contribution is 6.03. The van der Waals surface area contributed by atoms with Crippen molar-refractivity contribution in [2.45, 2.75) is 38.9 Å². The molecule has 0 bridgehead atoms. The standard InChI is InChI=1S/C18H21NO3/c1-18(2,3)22-17(21)19-11-14(20)10-13-9-8-12-6-4-5-7-15(12)16(13)19/h4-9,14,20H,10-11H2,1-3H3. The van der Waals surface area contributed by atoms with Gasteiger partial charge in [-0.05, 0) is 31.7 Å². The number of aliphatic hydroxyl groups excluding tert-OH is 1. The number of fused-ring (bicyclic) bond motifs is 3. The molecular formula is C18H21NO3. The smallest absolute Gasteiger partial charge is 0.414 e. The molecule has 116 valence electrons. The predicted molar refractivity (Wildman–Crippen MR) is 87.2 cm³/mol. The molecule has 0 radical (unpaired) electrons. The van der Waals surface area contributed by atoms with Gasteiger partial charge in [0.1, 0.15) is 5.60 Å². The molecule has 0 fully saturated rings. The Morgan fingerprint density at radius 3 is 2.68 bits per heavy atom. The maximum Gasteiger partial charge on any atom is 0.414 e. The fourth-order valence-corrected chi connectivity index (χ4v) is 2.89. The van der Waals surface area contributed by atoms with Gasteiger partial charge in [-0.1, -0.05) is 36.4 Å². The van der Waals surface area contributed by atoms with Crippen molar-refractivity contribution >= 4 is 22.6 Å². The molecule has 1 heterocycles. The molecule has 1 amide bonds. The Labute approximate surface area is 130 Å². The summed E-state index contributed by atoms with van der Waals surface area (Å²) in [5.41, 5.74) is 1.27. The zero-order valence-electron chi connectivity index (χ0n) is 13.2. The minimum absolute atomic E-state index is 0.260. The van der Waals surface area contributed by atoms with Crippen molar-refractivity contribution in [2.75, 3.05) is 11.4 Å². The van der Waals surface area contributed by atoms with Crippen LogP contribution in [0.15, 0.2) is 36.4 Å². The Bertz CT molecular complexity index is 718. The first-order valence-corrected chi connectivity index (χ1v) is 7.54. The number of amides is 1. The molecule has 0 aliphatic carbocycles. The number of benzene rings is 2. The van der Waals surface area contributed by atoms with E-state index in [-0.39, 0.29) is 6.54 Å². The number of rotatable bonds is 0. The summed E-state index contributed by atoms with van der Waals surface area (Å²) in [6.45, 7) is 5.79. The second-order valence-electron chi connectivity index (χ2n) is 6.74. The van der Waals surface area contributed by atoms with Crippen LogP contribution in [0.4, 0.5) is 10.5 Å². The van der Waals surface area contributed by atoms with Crippen molar-refractivity contribution in [3.05, 3.63) is 42.0 Å². The quantitative estimate of drug-likeness (QED) is 0.810. The van der Waals surface area contributed by atoms with Crippen LogP contribution in [0.3, 0.4) is 0 Å². The zero-order valence-corrected chi connectivity index (χ0v) is 13.2. The average Bonchev–Trinajstić information content (AvgIpc) is 2.44. The summed E-state index contributed by atoms with van der Waals surface area (Å²) in [6.07, 6.45) is -0.426. The van der Waals surface area contributed by atoms with E-state index in [2.05, 4.69) is 0 Å². The van der Waals surface area contributed by atoms with Crippen LogP contribution in [-0.4, -0.2) is 29.4 Å². The van der Waals surface area contributed by atoms with Crippen molar-refractivity contribution in [1.82, 2.24) is 0 Å². The molecule has 22 heavy (non-hydrogen) atoms. The summed E-state index contributed by atoms with van der Waals surface area (Å²) >= 11 is 0. The molecule has 1 aliphatic heterocycles. The van der Waals surface area contributed by atoms with Gasteiger partial charge in [0.05, 0.1) is 18.3 Å². The van der Waals surface area contributed by atoms with E-state index < -0.39 is 17.8 Å². The molecule has 4 nitrogen and oxygen atoms in total. The molecule has 2 aromatic carbocycles. The van der Waals surface area contributed by atoms with Crippen molar-refractivity contribution < 1.29 is 14.6 Å². The molecule has 0 aromatic heterocycles. The highest BCUT2D eigenvalue weighted by Crippen LogP contribution is 2.35. The third-order valence-corrected chi connectivity index (χ3v) is 3.72. The molecule has 3 rings (SSSR count). The number of carbonyl (C=O) groups excluding carboxylic acids is 1. The van der Waals surface area contributed by atoms with E-state index in [4.69, 9.17) is 4.74 Å². The van der Waals surface area contributed by atoms with Crippen LogP contribution in [0.2, 0.25) is 0 Å². The Morgan fingerprint density at radius 1 is 1.23 bits per heavy atom. The minimum atomic E-state index is -0.568. The topological polar surface area (TPSA) is 49.8 Å². The lowest BCUT2D eigenvalue weighted by Crippen LogP contribution is -2.45. The predicted octanol–water partition coefficient (Wildman–Crippen LogP) is 3.50. The van der Waals surface area contributed by atoms with Crippen LogP contribution < -0.4 is 4.90 Å². The number of anilines is 1. The number of hydrogen-bond donors (Lipinski definition) is 1. The van der Waals surface area contributed by atoms with Crippen molar-refractivity contribution in [3.63, 3.8) is 0 Å². The second-order valence-corrected chi connectivity index (χ2v) is 6.74. The monoisotopic (exact) mass is 299 g/mol. The summed E-state index contributed by atoms with van der Waals surface area (Å²) in [5.74, 6) is 0. The van der Waals surface area contributed by atoms with Gasteiger partial charge in [0, 0.05) is 11.8 Å². The van der Waals surface area contributed by atoms with Gasteiger partial charge in [0.25, 0.3) is 0 Å². The van der Waals surface area contributed by atoms with Crippen molar-refractivity contribution in [3.8, 4) is 0 Å². The Kier molecular flexibility index (Phi) is 3.57. The van der Waals surface area contributed by atoms with Gasteiger partial charge in [-0.3, -0.25) is 4.90 Å². The van der Waals surface area contributed by atoms with Gasteiger partial charge in [0.15, 0.2) is 0 Å². The Balaban J connectivity index is 2.11. The largest absolute Gasteiger partial charge is 0.443 e. The number of carbonyl (C=O) groups is 1. The van der Waals surface area contributed by atoms with E-state index in [1.807, 2.05) is 57.2 Å². The zero-order chi connectivity index (χ0) is 15.9. The van der Waals surface area contributed by atoms with Crippen LogP contribution in [0, 0.1) is 0 Å². The fourth-order valence-electron chi connectivity index (χ4n) is 2.89. The summed E-state index contributed by atoms with van der Waals surface area (Å²) in [6, 6.07) is 12.0. The van der Waals surface area contributed by atoms with Gasteiger partial charge < -0.3 is 9.84 Å². The van der Waals surface area contributed by atoms with Crippen molar-refractivity contribution in [1.29, 1.82) is 0 Å². The van der Waals surface area contributed by atoms with Gasteiger partial charge >= 0.3 is 6.09 Å². The minimum Gasteiger partial charge on any atom is -0.443 e. The SMILES string of the molecule is CC(C)(C)OC(=O)N1CC(O)Cc2ccc3ccccc3c21. The van der Waals surface area contributed by atoms with E-state index in [9.17, 15) is 9.90 Å². The Hall–Kier alpha value is -2.07. The van der Waals surface area contributed by atoms with E-state index in [0.717, 1.165) is 22.0 Å². The lowest BCUT2D eigenvalue weighted by Gasteiger charge is -2.34. The lowest BCUT2D eigenvalue weighted by molar-refractivity contribution is 0.0549. The van der Waals surface area contributed by atoms with Crippen LogP contribution in [0.1, 0.15) is 26.3 Å². The Morgan fingerprint density at radius 2 is 1.95 bits per heavy atom. The number of aliphatic hydroxyl groups is 1. The molecule has 2 aromatic rings. The maximum absolute atomic E-state index is 12.6. The highest BCUT2D eigenvalue weighted by Gasteiger charge is 2.32. The van der Waals surface area contributed by atoms with Crippen LogP contribution in [0.25, 0.3) is 10.8 Å².